The van der Waals surface area contributed by atoms with Crippen molar-refractivity contribution < 1.29 is 4.55 Å². The van der Waals surface area contributed by atoms with Crippen LogP contribution in [0.25, 0.3) is 0 Å². The number of para-hydroxylation sites is 2. The maximum absolute atomic E-state index is 12.4. The molecule has 1 fully saturated rings. The summed E-state index contributed by atoms with van der Waals surface area (Å²) in [7, 11) is 0. The van der Waals surface area contributed by atoms with Crippen molar-refractivity contribution in [3.8, 4) is 0 Å². The maximum atomic E-state index is 12.4. The first-order chi connectivity index (χ1) is 10.3. The van der Waals surface area contributed by atoms with Crippen molar-refractivity contribution in [1.29, 1.82) is 0 Å². The third kappa shape index (κ3) is 3.52. The van der Waals surface area contributed by atoms with Crippen LogP contribution in [-0.4, -0.2) is 17.6 Å². The Labute approximate surface area is 129 Å². The van der Waals surface area contributed by atoms with E-state index < -0.39 is 11.4 Å². The van der Waals surface area contributed by atoms with E-state index in [9.17, 15) is 4.55 Å². The van der Waals surface area contributed by atoms with Crippen LogP contribution in [0.3, 0.4) is 0 Å². The van der Waals surface area contributed by atoms with Crippen LogP contribution in [0.15, 0.2) is 59.5 Å². The molecule has 1 heterocycles. The molecule has 0 radical (unpaired) electrons. The third-order valence-corrected chi connectivity index (χ3v) is 4.87. The van der Waals surface area contributed by atoms with Gasteiger partial charge in [0.15, 0.2) is 4.90 Å². The molecule has 110 valence electrons. The fourth-order valence-electron chi connectivity index (χ4n) is 2.67. The Balaban J connectivity index is 1.79. The molecular formula is C17H20N2OS. The fraction of sp³-hybridized carbons (Fsp3) is 0.294. The van der Waals surface area contributed by atoms with Crippen LogP contribution in [0, 0.1) is 0 Å². The summed E-state index contributed by atoms with van der Waals surface area (Å²) >= 11 is -1.23. The van der Waals surface area contributed by atoms with Crippen LogP contribution in [-0.2, 0) is 11.4 Å². The van der Waals surface area contributed by atoms with Crippen LogP contribution in [0.1, 0.15) is 19.3 Å². The highest BCUT2D eigenvalue weighted by Crippen LogP contribution is 2.29. The molecule has 1 saturated heterocycles. The number of benzene rings is 2. The molecule has 0 bridgehead atoms. The zero-order chi connectivity index (χ0) is 14.5. The second kappa shape index (κ2) is 6.87. The van der Waals surface area contributed by atoms with E-state index in [1.54, 1.807) is 0 Å². The molecule has 1 aliphatic rings. The van der Waals surface area contributed by atoms with E-state index in [-0.39, 0.29) is 0 Å². The van der Waals surface area contributed by atoms with Crippen LogP contribution in [0.4, 0.5) is 11.4 Å². The van der Waals surface area contributed by atoms with Gasteiger partial charge in [-0.25, -0.2) is 4.72 Å². The molecule has 0 amide bonds. The molecular weight excluding hydrogens is 280 g/mol. The summed E-state index contributed by atoms with van der Waals surface area (Å²) < 4.78 is 15.6. The minimum absolute atomic E-state index is 0.797. The number of hydrogen-bond donors (Lipinski definition) is 1. The minimum Gasteiger partial charge on any atom is -0.588 e. The van der Waals surface area contributed by atoms with Crippen molar-refractivity contribution in [2.75, 3.05) is 22.7 Å². The van der Waals surface area contributed by atoms with Gasteiger partial charge in [-0.3, -0.25) is 0 Å². The standard InChI is InChI=1S/C17H20N2OS/c20-21(15-9-3-1-4-10-15)18-16-11-5-6-12-17(16)19-13-7-2-8-14-19/h1,3-6,9-12,18H,2,7-8,13-14H2. The molecule has 0 aliphatic carbocycles. The van der Waals surface area contributed by atoms with Gasteiger partial charge in [0.2, 0.25) is 0 Å². The van der Waals surface area contributed by atoms with Crippen molar-refractivity contribution in [2.45, 2.75) is 24.2 Å². The lowest BCUT2D eigenvalue weighted by Gasteiger charge is -2.30. The fourth-order valence-corrected chi connectivity index (χ4v) is 3.57. The summed E-state index contributed by atoms with van der Waals surface area (Å²) in [6, 6.07) is 17.7. The molecule has 1 aliphatic heterocycles. The van der Waals surface area contributed by atoms with E-state index in [4.69, 9.17) is 0 Å². The zero-order valence-corrected chi connectivity index (χ0v) is 12.8. The number of rotatable bonds is 4. The molecule has 1 atom stereocenters. The lowest BCUT2D eigenvalue weighted by atomic mass is 10.1. The van der Waals surface area contributed by atoms with Gasteiger partial charge in [-0.05, 0) is 43.5 Å². The molecule has 2 aromatic rings. The number of anilines is 2. The van der Waals surface area contributed by atoms with Gasteiger partial charge in [0.25, 0.3) is 0 Å². The second-order valence-corrected chi connectivity index (χ2v) is 6.46. The zero-order valence-electron chi connectivity index (χ0n) is 12.0. The number of nitrogens with zero attached hydrogens (tertiary/aromatic N) is 1. The van der Waals surface area contributed by atoms with Crippen LogP contribution in [0.2, 0.25) is 0 Å². The monoisotopic (exact) mass is 300 g/mol. The van der Waals surface area contributed by atoms with E-state index >= 15 is 0 Å². The van der Waals surface area contributed by atoms with Gasteiger partial charge in [0.1, 0.15) is 17.0 Å². The number of nitrogens with one attached hydrogen (secondary N) is 1. The molecule has 21 heavy (non-hydrogen) atoms. The third-order valence-electron chi connectivity index (χ3n) is 3.76. The van der Waals surface area contributed by atoms with E-state index in [0.29, 0.717) is 0 Å². The first-order valence-corrected chi connectivity index (χ1v) is 8.57. The predicted molar refractivity (Wildman–Crippen MR) is 89.0 cm³/mol. The quantitative estimate of drug-likeness (QED) is 0.873. The molecule has 3 nitrogen and oxygen atoms in total. The summed E-state index contributed by atoms with van der Waals surface area (Å²) in [5.74, 6) is 0. The minimum atomic E-state index is -1.23. The van der Waals surface area contributed by atoms with Crippen LogP contribution >= 0.6 is 0 Å². The molecule has 0 spiro atoms. The average Bonchev–Trinajstić information content (AvgIpc) is 2.57. The van der Waals surface area contributed by atoms with Gasteiger partial charge >= 0.3 is 0 Å². The Morgan fingerprint density at radius 1 is 0.857 bits per heavy atom. The molecule has 4 heteroatoms. The van der Waals surface area contributed by atoms with Gasteiger partial charge in [-0.2, -0.15) is 0 Å². The summed E-state index contributed by atoms with van der Waals surface area (Å²) in [6.45, 7) is 2.16. The van der Waals surface area contributed by atoms with Gasteiger partial charge < -0.3 is 9.45 Å². The van der Waals surface area contributed by atoms with Crippen molar-refractivity contribution in [2.24, 2.45) is 0 Å². The normalized spacial score (nSPS) is 16.5. The smallest absolute Gasteiger partial charge is 0.179 e. The first-order valence-electron chi connectivity index (χ1n) is 7.42. The summed E-state index contributed by atoms with van der Waals surface area (Å²) in [5.41, 5.74) is 2.10. The van der Waals surface area contributed by atoms with Crippen molar-refractivity contribution in [3.05, 3.63) is 54.6 Å². The van der Waals surface area contributed by atoms with E-state index in [1.165, 1.54) is 19.3 Å². The molecule has 0 aromatic heterocycles. The Bertz CT molecular complexity index is 570. The van der Waals surface area contributed by atoms with Gasteiger partial charge in [-0.15, -0.1) is 0 Å². The predicted octanol–water partition coefficient (Wildman–Crippen LogP) is 3.81. The summed E-state index contributed by atoms with van der Waals surface area (Å²) in [5, 5.41) is 0. The first kappa shape index (κ1) is 14.3. The van der Waals surface area contributed by atoms with Crippen LogP contribution in [0.5, 0.6) is 0 Å². The highest BCUT2D eigenvalue weighted by molar-refractivity contribution is 7.92. The Morgan fingerprint density at radius 3 is 2.29 bits per heavy atom. The number of piperidine rings is 1. The SMILES string of the molecule is [O-][S+](Nc1ccccc1N1CCCCC1)c1ccccc1. The van der Waals surface area contributed by atoms with E-state index in [0.717, 1.165) is 29.4 Å². The largest absolute Gasteiger partial charge is 0.588 e. The van der Waals surface area contributed by atoms with Gasteiger partial charge in [-0.1, -0.05) is 30.3 Å². The molecule has 0 saturated carbocycles. The Hall–Kier alpha value is -1.65. The van der Waals surface area contributed by atoms with Crippen molar-refractivity contribution >= 4 is 22.7 Å². The summed E-state index contributed by atoms with van der Waals surface area (Å²) in [6.07, 6.45) is 3.77. The lowest BCUT2D eigenvalue weighted by molar-refractivity contribution is 0.578. The Kier molecular flexibility index (Phi) is 4.68. The molecule has 1 N–H and O–H groups in total. The van der Waals surface area contributed by atoms with E-state index in [1.807, 2.05) is 48.5 Å². The van der Waals surface area contributed by atoms with Gasteiger partial charge in [0, 0.05) is 13.1 Å². The van der Waals surface area contributed by atoms with E-state index in [2.05, 4.69) is 15.7 Å². The van der Waals surface area contributed by atoms with Crippen molar-refractivity contribution in [3.63, 3.8) is 0 Å². The summed E-state index contributed by atoms with van der Waals surface area (Å²) in [4.78, 5) is 3.18. The molecule has 2 aromatic carbocycles. The highest BCUT2D eigenvalue weighted by Gasteiger charge is 2.18. The molecule has 1 unspecified atom stereocenters. The maximum Gasteiger partial charge on any atom is 0.179 e. The van der Waals surface area contributed by atoms with Crippen LogP contribution < -0.4 is 9.62 Å². The molecule has 3 rings (SSSR count). The number of hydrogen-bond acceptors (Lipinski definition) is 3. The second-order valence-electron chi connectivity index (χ2n) is 5.25. The lowest BCUT2D eigenvalue weighted by Crippen LogP contribution is -2.30. The highest BCUT2D eigenvalue weighted by atomic mass is 32.2. The van der Waals surface area contributed by atoms with Crippen molar-refractivity contribution in [1.82, 2.24) is 0 Å². The average molecular weight is 300 g/mol. The Morgan fingerprint density at radius 2 is 1.52 bits per heavy atom. The van der Waals surface area contributed by atoms with Gasteiger partial charge in [0.05, 0.1) is 5.69 Å². The topological polar surface area (TPSA) is 38.3 Å².